The first-order valence-electron chi connectivity index (χ1n) is 7.21. The zero-order chi connectivity index (χ0) is 14.1. The van der Waals surface area contributed by atoms with E-state index < -0.39 is 0 Å². The molecule has 0 amide bonds. The van der Waals surface area contributed by atoms with Crippen molar-refractivity contribution in [1.29, 1.82) is 0 Å². The predicted octanol–water partition coefficient (Wildman–Crippen LogP) is 3.93. The number of hydrogen-bond acceptors (Lipinski definition) is 1. The second kappa shape index (κ2) is 5.59. The monoisotopic (exact) mass is 285 g/mol. The number of rotatable bonds is 3. The quantitative estimate of drug-likeness (QED) is 0.908. The van der Waals surface area contributed by atoms with E-state index in [2.05, 4.69) is 43.3 Å². The predicted molar refractivity (Wildman–Crippen MR) is 85.2 cm³/mol. The van der Waals surface area contributed by atoms with Crippen LogP contribution < -0.4 is 5.73 Å². The average Bonchev–Trinajstić information content (AvgIpc) is 2.86. The fraction of sp³-hybridized carbons (Fsp3) is 0.333. The Morgan fingerprint density at radius 3 is 2.40 bits per heavy atom. The van der Waals surface area contributed by atoms with E-state index in [9.17, 15) is 0 Å². The molecule has 0 heterocycles. The lowest BCUT2D eigenvalue weighted by Crippen LogP contribution is -2.32. The van der Waals surface area contributed by atoms with Crippen LogP contribution >= 0.6 is 11.6 Å². The molecule has 1 atom stereocenters. The van der Waals surface area contributed by atoms with Gasteiger partial charge in [-0.2, -0.15) is 0 Å². The molecule has 1 unspecified atom stereocenters. The molecule has 1 aliphatic carbocycles. The Bertz CT molecular complexity index is 596. The highest BCUT2D eigenvalue weighted by atomic mass is 35.5. The summed E-state index contributed by atoms with van der Waals surface area (Å²) in [5, 5.41) is 0.843. The van der Waals surface area contributed by atoms with Gasteiger partial charge in [-0.25, -0.2) is 0 Å². The summed E-state index contributed by atoms with van der Waals surface area (Å²) < 4.78 is 0. The zero-order valence-corrected chi connectivity index (χ0v) is 12.5. The highest BCUT2D eigenvalue weighted by Gasteiger charge is 2.26. The maximum absolute atomic E-state index is 6.44. The number of aryl methyl sites for hydroxylation is 1. The second-order valence-electron chi connectivity index (χ2n) is 5.90. The Balaban J connectivity index is 1.70. The van der Waals surface area contributed by atoms with Gasteiger partial charge in [0.2, 0.25) is 0 Å². The van der Waals surface area contributed by atoms with E-state index in [-0.39, 0.29) is 6.04 Å². The van der Waals surface area contributed by atoms with Gasteiger partial charge >= 0.3 is 0 Å². The van der Waals surface area contributed by atoms with Crippen molar-refractivity contribution in [3.8, 4) is 0 Å². The van der Waals surface area contributed by atoms with Crippen molar-refractivity contribution in [2.45, 2.75) is 32.2 Å². The molecule has 1 aliphatic rings. The van der Waals surface area contributed by atoms with Gasteiger partial charge in [0, 0.05) is 11.1 Å². The Morgan fingerprint density at radius 1 is 1.15 bits per heavy atom. The lowest BCUT2D eigenvalue weighted by atomic mass is 9.91. The SMILES string of the molecule is Cc1ccc(CC(N)C2Cc3ccccc3C2)c(Cl)c1. The van der Waals surface area contributed by atoms with Gasteiger partial charge in [0.1, 0.15) is 0 Å². The van der Waals surface area contributed by atoms with Gasteiger partial charge in [-0.1, -0.05) is 48.0 Å². The van der Waals surface area contributed by atoms with Crippen molar-refractivity contribution in [3.05, 3.63) is 69.7 Å². The second-order valence-corrected chi connectivity index (χ2v) is 6.31. The molecule has 1 nitrogen and oxygen atoms in total. The third kappa shape index (κ3) is 2.74. The van der Waals surface area contributed by atoms with Crippen LogP contribution in [0.3, 0.4) is 0 Å². The summed E-state index contributed by atoms with van der Waals surface area (Å²) in [6.07, 6.45) is 3.05. The van der Waals surface area contributed by atoms with Crippen LogP contribution in [0.5, 0.6) is 0 Å². The van der Waals surface area contributed by atoms with E-state index in [1.165, 1.54) is 22.3 Å². The summed E-state index contributed by atoms with van der Waals surface area (Å²) in [6, 6.07) is 15.1. The summed E-state index contributed by atoms with van der Waals surface area (Å²) in [5.41, 5.74) is 11.7. The van der Waals surface area contributed by atoms with Crippen LogP contribution in [-0.2, 0) is 19.3 Å². The number of hydrogen-bond donors (Lipinski definition) is 1. The molecule has 0 radical (unpaired) electrons. The Labute approximate surface area is 125 Å². The Kier molecular flexibility index (Phi) is 3.82. The molecule has 3 rings (SSSR count). The molecule has 0 bridgehead atoms. The molecule has 2 aromatic rings. The highest BCUT2D eigenvalue weighted by molar-refractivity contribution is 6.31. The molecule has 0 spiro atoms. The minimum Gasteiger partial charge on any atom is -0.327 e. The minimum atomic E-state index is 0.169. The molecule has 0 aromatic heterocycles. The first kappa shape index (κ1) is 13.7. The van der Waals surface area contributed by atoms with E-state index in [0.29, 0.717) is 5.92 Å². The third-order valence-electron chi connectivity index (χ3n) is 4.35. The molecule has 20 heavy (non-hydrogen) atoms. The molecule has 104 valence electrons. The van der Waals surface area contributed by atoms with Crippen LogP contribution in [0.25, 0.3) is 0 Å². The standard InChI is InChI=1S/C18H20ClN/c1-12-6-7-15(17(19)8-12)11-18(20)16-9-13-4-2-3-5-14(13)10-16/h2-8,16,18H,9-11,20H2,1H3. The van der Waals surface area contributed by atoms with E-state index in [4.69, 9.17) is 17.3 Å². The maximum Gasteiger partial charge on any atom is 0.0441 e. The summed E-state index contributed by atoms with van der Waals surface area (Å²) >= 11 is 6.31. The molecule has 0 fully saturated rings. The van der Waals surface area contributed by atoms with Crippen LogP contribution in [0.15, 0.2) is 42.5 Å². The molecule has 2 N–H and O–H groups in total. The average molecular weight is 286 g/mol. The van der Waals surface area contributed by atoms with E-state index >= 15 is 0 Å². The lowest BCUT2D eigenvalue weighted by molar-refractivity contribution is 0.437. The van der Waals surface area contributed by atoms with Gasteiger partial charge in [-0.05, 0) is 60.4 Å². The third-order valence-corrected chi connectivity index (χ3v) is 4.70. The molecular weight excluding hydrogens is 266 g/mol. The molecular formula is C18H20ClN. The molecule has 2 aromatic carbocycles. The van der Waals surface area contributed by atoms with Crippen molar-refractivity contribution in [1.82, 2.24) is 0 Å². The number of nitrogens with two attached hydrogens (primary N) is 1. The van der Waals surface area contributed by atoms with Crippen molar-refractivity contribution in [2.24, 2.45) is 11.7 Å². The van der Waals surface area contributed by atoms with Crippen molar-refractivity contribution in [2.75, 3.05) is 0 Å². The topological polar surface area (TPSA) is 26.0 Å². The van der Waals surface area contributed by atoms with Crippen molar-refractivity contribution in [3.63, 3.8) is 0 Å². The summed E-state index contributed by atoms with van der Waals surface area (Å²) in [7, 11) is 0. The van der Waals surface area contributed by atoms with Gasteiger partial charge < -0.3 is 5.73 Å². The van der Waals surface area contributed by atoms with Gasteiger partial charge in [0.15, 0.2) is 0 Å². The van der Waals surface area contributed by atoms with E-state index in [1.807, 2.05) is 6.07 Å². The number of benzene rings is 2. The summed E-state index contributed by atoms with van der Waals surface area (Å²) in [5.74, 6) is 0.532. The minimum absolute atomic E-state index is 0.169. The summed E-state index contributed by atoms with van der Waals surface area (Å²) in [6.45, 7) is 2.06. The Morgan fingerprint density at radius 2 is 1.80 bits per heavy atom. The van der Waals surface area contributed by atoms with E-state index in [1.54, 1.807) is 0 Å². The molecule has 0 saturated heterocycles. The Hall–Kier alpha value is -1.31. The zero-order valence-electron chi connectivity index (χ0n) is 11.8. The van der Waals surface area contributed by atoms with Gasteiger partial charge in [-0.3, -0.25) is 0 Å². The van der Waals surface area contributed by atoms with Crippen LogP contribution in [0.2, 0.25) is 5.02 Å². The normalized spacial score (nSPS) is 16.1. The summed E-state index contributed by atoms with van der Waals surface area (Å²) in [4.78, 5) is 0. The van der Waals surface area contributed by atoms with E-state index in [0.717, 1.165) is 24.3 Å². The molecule has 2 heteroatoms. The maximum atomic E-state index is 6.44. The largest absolute Gasteiger partial charge is 0.327 e. The van der Waals surface area contributed by atoms with Crippen LogP contribution in [0.4, 0.5) is 0 Å². The fourth-order valence-corrected chi connectivity index (χ4v) is 3.45. The van der Waals surface area contributed by atoms with Gasteiger partial charge in [0.05, 0.1) is 0 Å². The van der Waals surface area contributed by atoms with Crippen LogP contribution in [-0.4, -0.2) is 6.04 Å². The number of fused-ring (bicyclic) bond motifs is 1. The fourth-order valence-electron chi connectivity index (χ4n) is 3.13. The first-order valence-corrected chi connectivity index (χ1v) is 7.58. The molecule has 0 aliphatic heterocycles. The lowest BCUT2D eigenvalue weighted by Gasteiger charge is -2.19. The highest BCUT2D eigenvalue weighted by Crippen LogP contribution is 2.30. The first-order chi connectivity index (χ1) is 9.63. The van der Waals surface area contributed by atoms with Crippen LogP contribution in [0, 0.1) is 12.8 Å². The van der Waals surface area contributed by atoms with Gasteiger partial charge in [-0.15, -0.1) is 0 Å². The molecule has 0 saturated carbocycles. The smallest absolute Gasteiger partial charge is 0.0441 e. The number of halogens is 1. The van der Waals surface area contributed by atoms with Crippen molar-refractivity contribution < 1.29 is 0 Å². The van der Waals surface area contributed by atoms with Crippen molar-refractivity contribution >= 4 is 11.6 Å². The van der Waals surface area contributed by atoms with Crippen LogP contribution in [0.1, 0.15) is 22.3 Å². The van der Waals surface area contributed by atoms with Gasteiger partial charge in [0.25, 0.3) is 0 Å².